The van der Waals surface area contributed by atoms with E-state index in [0.29, 0.717) is 6.61 Å². The third-order valence-corrected chi connectivity index (χ3v) is 10.6. The highest BCUT2D eigenvalue weighted by atomic mass is 16.8. The van der Waals surface area contributed by atoms with E-state index in [9.17, 15) is 9.59 Å². The predicted octanol–water partition coefficient (Wildman–Crippen LogP) is 6.50. The van der Waals surface area contributed by atoms with Crippen molar-refractivity contribution in [3.63, 3.8) is 0 Å². The smallest absolute Gasteiger partial charge is 0.303 e. The van der Waals surface area contributed by atoms with E-state index >= 15 is 0 Å². The Balaban J connectivity index is 1.22. The second-order valence-electron chi connectivity index (χ2n) is 14.7. The van der Waals surface area contributed by atoms with Crippen molar-refractivity contribution in [2.24, 2.45) is 5.92 Å². The molecule has 3 aliphatic rings. The Morgan fingerprint density at radius 3 is 1.84 bits per heavy atom. The molecule has 4 aromatic carbocycles. The van der Waals surface area contributed by atoms with Crippen LogP contribution in [0.4, 0.5) is 0 Å². The van der Waals surface area contributed by atoms with Crippen LogP contribution in [0.3, 0.4) is 0 Å². The van der Waals surface area contributed by atoms with Crippen LogP contribution >= 0.6 is 0 Å². The molecule has 0 N–H and O–H groups in total. The zero-order valence-electron chi connectivity index (χ0n) is 33.0. The Bertz CT molecular complexity index is 1850. The molecule has 3 aliphatic heterocycles. The largest absolute Gasteiger partial charge is 0.457 e. The Hall–Kier alpha value is -4.50. The van der Waals surface area contributed by atoms with Crippen molar-refractivity contribution >= 4 is 11.9 Å². The molecule has 0 bridgehead atoms. The minimum Gasteiger partial charge on any atom is -0.457 e. The van der Waals surface area contributed by atoms with Gasteiger partial charge in [0.15, 0.2) is 24.8 Å². The normalized spacial score (nSPS) is 28.6. The van der Waals surface area contributed by atoms with Crippen LogP contribution in [0.25, 0.3) is 0 Å². The van der Waals surface area contributed by atoms with Crippen molar-refractivity contribution in [1.82, 2.24) is 0 Å². The molecular weight excluding hydrogens is 744 g/mol. The molecule has 0 aromatic heterocycles. The van der Waals surface area contributed by atoms with E-state index in [1.165, 1.54) is 21.0 Å². The molecule has 3 fully saturated rings. The number of carbonyl (C=O) groups is 2. The van der Waals surface area contributed by atoms with E-state index in [-0.39, 0.29) is 32.8 Å². The lowest BCUT2D eigenvalue weighted by Gasteiger charge is -2.49. The summed E-state index contributed by atoms with van der Waals surface area (Å²) in [7, 11) is 1.50. The van der Waals surface area contributed by atoms with Crippen LogP contribution < -0.4 is 0 Å². The fourth-order valence-electron chi connectivity index (χ4n) is 7.94. The maximum Gasteiger partial charge on any atom is 0.303 e. The molecule has 308 valence electrons. The topological polar surface area (TPSA) is 126 Å². The van der Waals surface area contributed by atoms with Crippen molar-refractivity contribution in [3.05, 3.63) is 144 Å². The zero-order valence-corrected chi connectivity index (χ0v) is 33.0. The van der Waals surface area contributed by atoms with Gasteiger partial charge in [-0.15, -0.1) is 0 Å². The van der Waals surface area contributed by atoms with Crippen LogP contribution in [0, 0.1) is 5.92 Å². The average molecular weight is 797 g/mol. The van der Waals surface area contributed by atoms with Crippen LogP contribution in [0.5, 0.6) is 0 Å². The summed E-state index contributed by atoms with van der Waals surface area (Å²) >= 11 is 0. The molecule has 0 aliphatic carbocycles. The lowest BCUT2D eigenvalue weighted by atomic mass is 9.82. The maximum atomic E-state index is 13.0. The van der Waals surface area contributed by atoms with E-state index in [1.54, 1.807) is 0 Å². The maximum absolute atomic E-state index is 13.0. The van der Waals surface area contributed by atoms with Crippen LogP contribution in [-0.2, 0) is 76.8 Å². The van der Waals surface area contributed by atoms with Gasteiger partial charge in [-0.2, -0.15) is 0 Å². The molecule has 0 amide bonds. The molecule has 7 rings (SSSR count). The Labute approximate surface area is 339 Å². The fourth-order valence-corrected chi connectivity index (χ4v) is 7.94. The highest BCUT2D eigenvalue weighted by Gasteiger charge is 2.57. The van der Waals surface area contributed by atoms with E-state index < -0.39 is 79.3 Å². The quantitative estimate of drug-likeness (QED) is 0.108. The van der Waals surface area contributed by atoms with E-state index in [1.807, 2.05) is 121 Å². The summed E-state index contributed by atoms with van der Waals surface area (Å²) in [6.07, 6.45) is -7.39. The number of esters is 2. The van der Waals surface area contributed by atoms with E-state index in [2.05, 4.69) is 0 Å². The van der Waals surface area contributed by atoms with Gasteiger partial charge in [0.05, 0.1) is 45.2 Å². The summed E-state index contributed by atoms with van der Waals surface area (Å²) in [5, 5.41) is 0. The molecule has 12 nitrogen and oxygen atoms in total. The summed E-state index contributed by atoms with van der Waals surface area (Å²) in [5.74, 6) is -1.57. The number of rotatable bonds is 17. The van der Waals surface area contributed by atoms with Gasteiger partial charge in [-0.25, -0.2) is 0 Å². The first-order chi connectivity index (χ1) is 28.4. The van der Waals surface area contributed by atoms with Crippen molar-refractivity contribution in [2.75, 3.05) is 20.3 Å². The second kappa shape index (κ2) is 20.5. The first kappa shape index (κ1) is 41.7. The number of benzene rings is 4. The Morgan fingerprint density at radius 1 is 0.672 bits per heavy atom. The van der Waals surface area contributed by atoms with Gasteiger partial charge >= 0.3 is 11.9 Å². The third kappa shape index (κ3) is 10.8. The number of ether oxygens (including phenoxy) is 10. The van der Waals surface area contributed by atoms with Crippen molar-refractivity contribution in [3.8, 4) is 0 Å². The van der Waals surface area contributed by atoms with Crippen LogP contribution in [0.15, 0.2) is 121 Å². The molecule has 0 radical (unpaired) electrons. The molecule has 0 spiro atoms. The van der Waals surface area contributed by atoms with E-state index in [0.717, 1.165) is 22.3 Å². The minimum atomic E-state index is -0.932. The molecule has 4 aromatic rings. The number of hydrogen-bond acceptors (Lipinski definition) is 12. The molecular formula is C46H52O12. The van der Waals surface area contributed by atoms with Gasteiger partial charge in [0.25, 0.3) is 0 Å². The summed E-state index contributed by atoms with van der Waals surface area (Å²) in [6.45, 7) is 3.90. The molecule has 1 unspecified atom stereocenters. The summed E-state index contributed by atoms with van der Waals surface area (Å²) in [5.41, 5.74) is 3.74. The van der Waals surface area contributed by atoms with Gasteiger partial charge in [-0.1, -0.05) is 121 Å². The SMILES string of the molecule is CO[C@@H]1O[C@@H]2COC(c3ccccc3)O[C@H]2[C@H](C[C@@H]2O[C@@H]([C@@H](COCc3ccccc3)OCc3ccccc3)[C@H](OCc3ccccc3)[C@H]2OC(C)=O)[C@H]1OC(C)=O. The van der Waals surface area contributed by atoms with Gasteiger partial charge in [0, 0.05) is 32.4 Å². The Kier molecular flexibility index (Phi) is 14.7. The van der Waals surface area contributed by atoms with Crippen molar-refractivity contribution < 1.29 is 57.0 Å². The highest BCUT2D eigenvalue weighted by molar-refractivity contribution is 5.66. The van der Waals surface area contributed by atoms with Crippen LogP contribution in [0.1, 0.15) is 48.8 Å². The molecule has 12 heteroatoms. The van der Waals surface area contributed by atoms with Crippen molar-refractivity contribution in [1.29, 1.82) is 0 Å². The standard InChI is InChI=1S/C46H52O12/c1-30(47)54-41-36(40-39(57-46(41)49-3)29-53-45(58-40)35-22-14-7-15-23-35)24-37-42(55-31(2)48)44(52-27-34-20-12-6-13-21-34)43(56-37)38(51-26-33-18-10-5-11-19-33)28-50-25-32-16-8-4-9-17-32/h4-23,36-46H,24-29H2,1-3H3/t36-,37-,38+,39+,40-,41+,42-,43-,44+,45?,46+/m0/s1. The van der Waals surface area contributed by atoms with Crippen LogP contribution in [0.2, 0.25) is 0 Å². The zero-order chi connectivity index (χ0) is 40.3. The van der Waals surface area contributed by atoms with Crippen molar-refractivity contribution in [2.45, 2.75) is 102 Å². The van der Waals surface area contributed by atoms with Gasteiger partial charge in [0.2, 0.25) is 0 Å². The molecule has 11 atom stereocenters. The van der Waals surface area contributed by atoms with Gasteiger partial charge in [-0.05, 0) is 23.1 Å². The average Bonchev–Trinajstić information content (AvgIpc) is 3.58. The molecule has 0 saturated carbocycles. The monoisotopic (exact) mass is 796 g/mol. The fraction of sp³-hybridized carbons (Fsp3) is 0.435. The van der Waals surface area contributed by atoms with Gasteiger partial charge in [-0.3, -0.25) is 9.59 Å². The predicted molar refractivity (Wildman–Crippen MR) is 210 cm³/mol. The number of hydrogen-bond donors (Lipinski definition) is 0. The first-order valence-electron chi connectivity index (χ1n) is 19.8. The Morgan fingerprint density at radius 2 is 1.24 bits per heavy atom. The minimum absolute atomic E-state index is 0.153. The number of fused-ring (bicyclic) bond motifs is 1. The summed E-state index contributed by atoms with van der Waals surface area (Å²) < 4.78 is 63.8. The molecule has 3 heterocycles. The van der Waals surface area contributed by atoms with Gasteiger partial charge < -0.3 is 47.4 Å². The number of methoxy groups -OCH3 is 1. The molecule has 58 heavy (non-hydrogen) atoms. The lowest BCUT2D eigenvalue weighted by Crippen LogP contribution is -2.61. The molecule has 3 saturated heterocycles. The first-order valence-corrected chi connectivity index (χ1v) is 19.8. The highest BCUT2D eigenvalue weighted by Crippen LogP contribution is 2.43. The third-order valence-electron chi connectivity index (χ3n) is 10.6. The summed E-state index contributed by atoms with van der Waals surface area (Å²) in [4.78, 5) is 25.6. The lowest BCUT2D eigenvalue weighted by molar-refractivity contribution is -0.353. The second-order valence-corrected chi connectivity index (χ2v) is 14.7. The van der Waals surface area contributed by atoms with Gasteiger partial charge in [0.1, 0.15) is 24.4 Å². The van der Waals surface area contributed by atoms with Crippen LogP contribution in [-0.4, -0.2) is 87.4 Å². The number of carbonyl (C=O) groups excluding carboxylic acids is 2. The summed E-state index contributed by atoms with van der Waals surface area (Å²) in [6, 6.07) is 39.1. The van der Waals surface area contributed by atoms with E-state index in [4.69, 9.17) is 47.4 Å².